The van der Waals surface area contributed by atoms with E-state index in [1.54, 1.807) is 6.07 Å². The lowest BCUT2D eigenvalue weighted by atomic mass is 10.0. The van der Waals surface area contributed by atoms with Crippen molar-refractivity contribution in [3.8, 4) is 0 Å². The van der Waals surface area contributed by atoms with Crippen LogP contribution in [0.2, 0.25) is 5.02 Å². The highest BCUT2D eigenvalue weighted by Crippen LogP contribution is 2.26. The van der Waals surface area contributed by atoms with E-state index in [2.05, 4.69) is 41.7 Å². The molecule has 3 heteroatoms. The minimum Gasteiger partial charge on any atom is -0.399 e. The van der Waals surface area contributed by atoms with Crippen LogP contribution >= 0.6 is 11.6 Å². The van der Waals surface area contributed by atoms with Gasteiger partial charge in [0, 0.05) is 12.2 Å². The van der Waals surface area contributed by atoms with Crippen molar-refractivity contribution in [2.45, 2.75) is 6.54 Å². The fourth-order valence-corrected chi connectivity index (χ4v) is 2.50. The molecule has 0 fully saturated rings. The number of nitrogens with two attached hydrogens (primary N) is 1. The SMILES string of the molecule is Nc1ccc(Cl)c(NCc2cccc3ccccc23)c1. The Morgan fingerprint density at radius 3 is 2.65 bits per heavy atom. The molecule has 0 aromatic heterocycles. The van der Waals surface area contributed by atoms with Crippen molar-refractivity contribution < 1.29 is 0 Å². The maximum atomic E-state index is 6.16. The topological polar surface area (TPSA) is 38.0 Å². The van der Waals surface area contributed by atoms with Crippen LogP contribution in [-0.2, 0) is 6.54 Å². The van der Waals surface area contributed by atoms with E-state index in [9.17, 15) is 0 Å². The molecule has 0 radical (unpaired) electrons. The zero-order chi connectivity index (χ0) is 13.9. The Morgan fingerprint density at radius 1 is 0.950 bits per heavy atom. The molecule has 0 spiro atoms. The Bertz CT molecular complexity index is 748. The molecular weight excluding hydrogens is 268 g/mol. The van der Waals surface area contributed by atoms with Crippen molar-refractivity contribution in [3.05, 3.63) is 71.2 Å². The molecule has 3 aromatic rings. The molecule has 0 unspecified atom stereocenters. The van der Waals surface area contributed by atoms with Gasteiger partial charge in [0.2, 0.25) is 0 Å². The molecule has 0 aliphatic rings. The molecule has 0 aliphatic carbocycles. The number of benzene rings is 3. The van der Waals surface area contributed by atoms with Crippen LogP contribution < -0.4 is 11.1 Å². The Balaban J connectivity index is 1.89. The Labute approximate surface area is 123 Å². The van der Waals surface area contributed by atoms with Gasteiger partial charge < -0.3 is 11.1 Å². The fourth-order valence-electron chi connectivity index (χ4n) is 2.32. The predicted octanol–water partition coefficient (Wildman–Crippen LogP) is 4.69. The summed E-state index contributed by atoms with van der Waals surface area (Å²) in [5.41, 5.74) is 8.59. The van der Waals surface area contributed by atoms with Crippen LogP contribution in [0.25, 0.3) is 10.8 Å². The van der Waals surface area contributed by atoms with E-state index in [4.69, 9.17) is 17.3 Å². The van der Waals surface area contributed by atoms with Gasteiger partial charge in [0.25, 0.3) is 0 Å². The van der Waals surface area contributed by atoms with Gasteiger partial charge in [0.1, 0.15) is 0 Å². The highest BCUT2D eigenvalue weighted by atomic mass is 35.5. The molecule has 0 atom stereocenters. The third kappa shape index (κ3) is 2.56. The molecule has 0 heterocycles. The minimum atomic E-state index is 0.680. The summed E-state index contributed by atoms with van der Waals surface area (Å²) in [5, 5.41) is 6.52. The normalized spacial score (nSPS) is 10.7. The summed E-state index contributed by atoms with van der Waals surface area (Å²) in [6.07, 6.45) is 0. The third-order valence-corrected chi connectivity index (χ3v) is 3.67. The summed E-state index contributed by atoms with van der Waals surface area (Å²) in [7, 11) is 0. The summed E-state index contributed by atoms with van der Waals surface area (Å²) in [4.78, 5) is 0. The summed E-state index contributed by atoms with van der Waals surface area (Å²) >= 11 is 6.16. The molecular formula is C17H15ClN2. The molecule has 0 amide bonds. The van der Waals surface area contributed by atoms with Gasteiger partial charge in [-0.1, -0.05) is 54.1 Å². The van der Waals surface area contributed by atoms with E-state index < -0.39 is 0 Å². The summed E-state index contributed by atoms with van der Waals surface area (Å²) in [5.74, 6) is 0. The molecule has 3 aromatic carbocycles. The van der Waals surface area contributed by atoms with E-state index in [0.717, 1.165) is 5.69 Å². The monoisotopic (exact) mass is 282 g/mol. The van der Waals surface area contributed by atoms with Crippen LogP contribution in [0.5, 0.6) is 0 Å². The summed E-state index contributed by atoms with van der Waals surface area (Å²) < 4.78 is 0. The molecule has 2 nitrogen and oxygen atoms in total. The molecule has 100 valence electrons. The van der Waals surface area contributed by atoms with Crippen molar-refractivity contribution >= 4 is 33.7 Å². The highest BCUT2D eigenvalue weighted by Gasteiger charge is 2.03. The maximum Gasteiger partial charge on any atom is 0.0639 e. The fraction of sp³-hybridized carbons (Fsp3) is 0.0588. The van der Waals surface area contributed by atoms with Gasteiger partial charge in [-0.05, 0) is 34.5 Å². The quantitative estimate of drug-likeness (QED) is 0.684. The standard InChI is InChI=1S/C17H15ClN2/c18-16-9-8-14(19)10-17(16)20-11-13-6-3-5-12-4-1-2-7-15(12)13/h1-10,20H,11,19H2. The van der Waals surface area contributed by atoms with Crippen LogP contribution in [0.4, 0.5) is 11.4 Å². The molecule has 0 saturated carbocycles. The van der Waals surface area contributed by atoms with Gasteiger partial charge in [-0.2, -0.15) is 0 Å². The van der Waals surface area contributed by atoms with Crippen LogP contribution in [0, 0.1) is 0 Å². The first-order chi connectivity index (χ1) is 9.74. The molecule has 0 bridgehead atoms. The van der Waals surface area contributed by atoms with Gasteiger partial charge in [0.15, 0.2) is 0 Å². The average Bonchev–Trinajstić information content (AvgIpc) is 2.48. The Hall–Kier alpha value is -2.19. The third-order valence-electron chi connectivity index (χ3n) is 3.34. The number of nitrogens with one attached hydrogen (secondary N) is 1. The molecule has 0 saturated heterocycles. The second-order valence-corrected chi connectivity index (χ2v) is 5.14. The summed E-state index contributed by atoms with van der Waals surface area (Å²) in [6.45, 7) is 0.713. The van der Waals surface area contributed by atoms with Crippen LogP contribution in [-0.4, -0.2) is 0 Å². The van der Waals surface area contributed by atoms with Crippen molar-refractivity contribution in [3.63, 3.8) is 0 Å². The second-order valence-electron chi connectivity index (χ2n) is 4.73. The van der Waals surface area contributed by atoms with E-state index in [1.165, 1.54) is 16.3 Å². The zero-order valence-corrected chi connectivity index (χ0v) is 11.7. The molecule has 20 heavy (non-hydrogen) atoms. The van der Waals surface area contributed by atoms with Gasteiger partial charge in [-0.25, -0.2) is 0 Å². The average molecular weight is 283 g/mol. The van der Waals surface area contributed by atoms with Crippen LogP contribution in [0.1, 0.15) is 5.56 Å². The number of nitrogen functional groups attached to an aromatic ring is 1. The summed E-state index contributed by atoms with van der Waals surface area (Å²) in [6, 6.07) is 20.1. The first kappa shape index (κ1) is 12.8. The number of rotatable bonds is 3. The lowest BCUT2D eigenvalue weighted by Crippen LogP contribution is -2.01. The van der Waals surface area contributed by atoms with Crippen LogP contribution in [0.3, 0.4) is 0 Å². The van der Waals surface area contributed by atoms with Gasteiger partial charge >= 0.3 is 0 Å². The van der Waals surface area contributed by atoms with E-state index >= 15 is 0 Å². The largest absolute Gasteiger partial charge is 0.399 e. The predicted molar refractivity (Wildman–Crippen MR) is 87.1 cm³/mol. The molecule has 3 N–H and O–H groups in total. The number of fused-ring (bicyclic) bond motifs is 1. The lowest BCUT2D eigenvalue weighted by Gasteiger charge is -2.11. The highest BCUT2D eigenvalue weighted by molar-refractivity contribution is 6.33. The lowest BCUT2D eigenvalue weighted by molar-refractivity contribution is 1.17. The first-order valence-corrected chi connectivity index (χ1v) is 6.87. The first-order valence-electron chi connectivity index (χ1n) is 6.49. The van der Waals surface area contributed by atoms with E-state index in [1.807, 2.05) is 18.2 Å². The minimum absolute atomic E-state index is 0.680. The molecule has 3 rings (SSSR count). The van der Waals surface area contributed by atoms with Crippen molar-refractivity contribution in [1.29, 1.82) is 0 Å². The number of anilines is 2. The van der Waals surface area contributed by atoms with Crippen molar-refractivity contribution in [2.75, 3.05) is 11.1 Å². The van der Waals surface area contributed by atoms with Gasteiger partial charge in [-0.3, -0.25) is 0 Å². The van der Waals surface area contributed by atoms with E-state index in [-0.39, 0.29) is 0 Å². The van der Waals surface area contributed by atoms with E-state index in [0.29, 0.717) is 17.3 Å². The maximum absolute atomic E-state index is 6.16. The number of halogens is 1. The molecule has 0 aliphatic heterocycles. The zero-order valence-electron chi connectivity index (χ0n) is 10.9. The Kier molecular flexibility index (Phi) is 3.48. The number of hydrogen-bond donors (Lipinski definition) is 2. The van der Waals surface area contributed by atoms with Gasteiger partial charge in [-0.15, -0.1) is 0 Å². The van der Waals surface area contributed by atoms with Crippen molar-refractivity contribution in [2.24, 2.45) is 0 Å². The number of hydrogen-bond acceptors (Lipinski definition) is 2. The van der Waals surface area contributed by atoms with Crippen LogP contribution in [0.15, 0.2) is 60.7 Å². The Morgan fingerprint density at radius 2 is 1.75 bits per heavy atom. The van der Waals surface area contributed by atoms with Gasteiger partial charge in [0.05, 0.1) is 10.7 Å². The smallest absolute Gasteiger partial charge is 0.0639 e. The second kappa shape index (κ2) is 5.43. The van der Waals surface area contributed by atoms with Crippen molar-refractivity contribution in [1.82, 2.24) is 0 Å².